The van der Waals surface area contributed by atoms with E-state index in [1.165, 1.54) is 0 Å². The summed E-state index contributed by atoms with van der Waals surface area (Å²) < 4.78 is 0. The van der Waals surface area contributed by atoms with Gasteiger partial charge in [0.1, 0.15) is 0 Å². The van der Waals surface area contributed by atoms with Gasteiger partial charge in [-0.1, -0.05) is 24.3 Å². The van der Waals surface area contributed by atoms with Crippen LogP contribution in [0.5, 0.6) is 0 Å². The molecule has 4 nitrogen and oxygen atoms in total. The molecule has 0 radical (unpaired) electrons. The largest absolute Gasteiger partial charge is 0.392 e. The van der Waals surface area contributed by atoms with Crippen LogP contribution in [0.4, 0.5) is 11.4 Å². The van der Waals surface area contributed by atoms with Gasteiger partial charge in [0.15, 0.2) is 0 Å². The minimum absolute atomic E-state index is 0.0448. The van der Waals surface area contributed by atoms with Crippen molar-refractivity contribution in [3.8, 4) is 0 Å². The molecule has 0 unspecified atom stereocenters. The second-order valence-electron chi connectivity index (χ2n) is 4.11. The highest BCUT2D eigenvalue weighted by molar-refractivity contribution is 6.08. The first kappa shape index (κ1) is 13.1. The molecule has 0 spiro atoms. The molecule has 0 heterocycles. The monoisotopic (exact) mass is 256 g/mol. The first-order chi connectivity index (χ1) is 9.24. The fourth-order valence-electron chi connectivity index (χ4n) is 1.84. The summed E-state index contributed by atoms with van der Waals surface area (Å²) in [4.78, 5) is 12.2. The Morgan fingerprint density at radius 1 is 1.16 bits per heavy atom. The van der Waals surface area contributed by atoms with Gasteiger partial charge in [0.05, 0.1) is 12.2 Å². The normalized spacial score (nSPS) is 10.0. The molecule has 0 bridgehead atoms. The number of amides is 1. The van der Waals surface area contributed by atoms with Crippen molar-refractivity contribution in [1.29, 1.82) is 0 Å². The van der Waals surface area contributed by atoms with Crippen molar-refractivity contribution in [3.63, 3.8) is 0 Å². The molecule has 0 aromatic heterocycles. The minimum atomic E-state index is -0.181. The number of carbonyl (C=O) groups is 1. The van der Waals surface area contributed by atoms with Crippen LogP contribution in [0.1, 0.15) is 15.9 Å². The van der Waals surface area contributed by atoms with Gasteiger partial charge in [-0.25, -0.2) is 0 Å². The molecular formula is C15H16N2O2. The van der Waals surface area contributed by atoms with Gasteiger partial charge in [0.2, 0.25) is 0 Å². The second-order valence-corrected chi connectivity index (χ2v) is 4.11. The van der Waals surface area contributed by atoms with E-state index in [-0.39, 0.29) is 12.5 Å². The fourth-order valence-corrected chi connectivity index (χ4v) is 1.84. The van der Waals surface area contributed by atoms with Crippen LogP contribution < -0.4 is 10.6 Å². The zero-order valence-corrected chi connectivity index (χ0v) is 10.7. The van der Waals surface area contributed by atoms with Crippen molar-refractivity contribution in [2.75, 3.05) is 17.7 Å². The van der Waals surface area contributed by atoms with E-state index < -0.39 is 0 Å². The molecule has 0 saturated heterocycles. The average Bonchev–Trinajstić information content (AvgIpc) is 2.47. The van der Waals surface area contributed by atoms with Crippen LogP contribution in [-0.2, 0) is 6.61 Å². The molecule has 1 amide bonds. The molecule has 0 atom stereocenters. The summed E-state index contributed by atoms with van der Waals surface area (Å²) >= 11 is 0. The molecule has 0 saturated carbocycles. The van der Waals surface area contributed by atoms with Crippen LogP contribution in [-0.4, -0.2) is 18.1 Å². The number of anilines is 2. The number of rotatable bonds is 4. The third kappa shape index (κ3) is 3.11. The molecule has 2 aromatic carbocycles. The van der Waals surface area contributed by atoms with Gasteiger partial charge < -0.3 is 15.7 Å². The highest BCUT2D eigenvalue weighted by atomic mass is 16.3. The summed E-state index contributed by atoms with van der Waals surface area (Å²) in [5, 5.41) is 14.9. The number of para-hydroxylation sites is 1. The molecule has 19 heavy (non-hydrogen) atoms. The second kappa shape index (κ2) is 6.02. The van der Waals surface area contributed by atoms with Crippen LogP contribution in [0, 0.1) is 0 Å². The summed E-state index contributed by atoms with van der Waals surface area (Å²) in [7, 11) is 1.78. The zero-order valence-electron chi connectivity index (χ0n) is 10.7. The number of hydrogen-bond donors (Lipinski definition) is 3. The van der Waals surface area contributed by atoms with E-state index in [1.54, 1.807) is 37.4 Å². The van der Waals surface area contributed by atoms with E-state index in [4.69, 9.17) is 5.11 Å². The summed E-state index contributed by atoms with van der Waals surface area (Å²) in [6, 6.07) is 14.4. The minimum Gasteiger partial charge on any atom is -0.392 e. The zero-order chi connectivity index (χ0) is 13.7. The number of benzene rings is 2. The van der Waals surface area contributed by atoms with E-state index in [2.05, 4.69) is 10.6 Å². The van der Waals surface area contributed by atoms with Crippen LogP contribution in [0.15, 0.2) is 48.5 Å². The molecule has 2 rings (SSSR count). The Balaban J connectivity index is 2.20. The van der Waals surface area contributed by atoms with E-state index in [1.807, 2.05) is 18.2 Å². The maximum atomic E-state index is 12.2. The topological polar surface area (TPSA) is 61.4 Å². The highest BCUT2D eigenvalue weighted by Gasteiger charge is 2.10. The Morgan fingerprint density at radius 2 is 1.95 bits per heavy atom. The summed E-state index contributed by atoms with van der Waals surface area (Å²) in [6.07, 6.45) is 0. The Morgan fingerprint density at radius 3 is 2.68 bits per heavy atom. The predicted octanol–water partition coefficient (Wildman–Crippen LogP) is 2.47. The maximum Gasteiger partial charge on any atom is 0.257 e. The lowest BCUT2D eigenvalue weighted by molar-refractivity contribution is 0.102. The van der Waals surface area contributed by atoms with Crippen molar-refractivity contribution in [3.05, 3.63) is 59.7 Å². The van der Waals surface area contributed by atoms with E-state index in [0.29, 0.717) is 11.3 Å². The number of carbonyl (C=O) groups excluding carboxylic acids is 1. The maximum absolute atomic E-state index is 12.2. The van der Waals surface area contributed by atoms with Gasteiger partial charge in [-0.15, -0.1) is 0 Å². The van der Waals surface area contributed by atoms with Crippen molar-refractivity contribution in [2.24, 2.45) is 0 Å². The first-order valence-electron chi connectivity index (χ1n) is 6.02. The molecule has 0 fully saturated rings. The van der Waals surface area contributed by atoms with Gasteiger partial charge in [0.25, 0.3) is 5.91 Å². The molecule has 0 aliphatic carbocycles. The molecule has 0 aliphatic heterocycles. The predicted molar refractivity (Wildman–Crippen MR) is 76.3 cm³/mol. The van der Waals surface area contributed by atoms with Crippen LogP contribution in [0.2, 0.25) is 0 Å². The number of hydrogen-bond acceptors (Lipinski definition) is 3. The van der Waals surface area contributed by atoms with Gasteiger partial charge in [-0.2, -0.15) is 0 Å². The van der Waals surface area contributed by atoms with Crippen molar-refractivity contribution >= 4 is 17.3 Å². The van der Waals surface area contributed by atoms with E-state index in [9.17, 15) is 4.79 Å². The van der Waals surface area contributed by atoms with E-state index >= 15 is 0 Å². The standard InChI is InChI=1S/C15H16N2O2/c1-16-14-8-3-2-7-13(14)15(19)17-12-6-4-5-11(9-12)10-18/h2-9,16,18H,10H2,1H3,(H,17,19). The Hall–Kier alpha value is -2.33. The molecule has 98 valence electrons. The van der Waals surface area contributed by atoms with Crippen LogP contribution >= 0.6 is 0 Å². The number of aliphatic hydroxyl groups excluding tert-OH is 1. The average molecular weight is 256 g/mol. The van der Waals surface area contributed by atoms with Crippen molar-refractivity contribution in [1.82, 2.24) is 0 Å². The van der Waals surface area contributed by atoms with Crippen molar-refractivity contribution in [2.45, 2.75) is 6.61 Å². The Labute approximate surface area is 112 Å². The molecule has 2 aromatic rings. The van der Waals surface area contributed by atoms with Gasteiger partial charge in [-0.3, -0.25) is 4.79 Å². The quantitative estimate of drug-likeness (QED) is 0.787. The Kier molecular flexibility index (Phi) is 4.15. The third-order valence-corrected chi connectivity index (χ3v) is 2.81. The molecule has 0 aliphatic rings. The lowest BCUT2D eigenvalue weighted by Gasteiger charge is -2.10. The van der Waals surface area contributed by atoms with Crippen LogP contribution in [0.25, 0.3) is 0 Å². The Bertz CT molecular complexity index is 582. The lowest BCUT2D eigenvalue weighted by Crippen LogP contribution is -2.14. The van der Waals surface area contributed by atoms with Crippen molar-refractivity contribution < 1.29 is 9.90 Å². The number of aliphatic hydroxyl groups is 1. The highest BCUT2D eigenvalue weighted by Crippen LogP contribution is 2.17. The third-order valence-electron chi connectivity index (χ3n) is 2.81. The number of nitrogens with one attached hydrogen (secondary N) is 2. The van der Waals surface area contributed by atoms with E-state index in [0.717, 1.165) is 11.3 Å². The van der Waals surface area contributed by atoms with Gasteiger partial charge >= 0.3 is 0 Å². The first-order valence-corrected chi connectivity index (χ1v) is 6.02. The molecule has 4 heteroatoms. The summed E-state index contributed by atoms with van der Waals surface area (Å²) in [5.41, 5.74) is 2.79. The SMILES string of the molecule is CNc1ccccc1C(=O)Nc1cccc(CO)c1. The lowest BCUT2D eigenvalue weighted by atomic mass is 10.1. The van der Waals surface area contributed by atoms with Gasteiger partial charge in [-0.05, 0) is 29.8 Å². The van der Waals surface area contributed by atoms with Gasteiger partial charge in [0, 0.05) is 18.4 Å². The smallest absolute Gasteiger partial charge is 0.257 e. The fraction of sp³-hybridized carbons (Fsp3) is 0.133. The van der Waals surface area contributed by atoms with Crippen LogP contribution in [0.3, 0.4) is 0 Å². The molecular weight excluding hydrogens is 240 g/mol. The summed E-state index contributed by atoms with van der Waals surface area (Å²) in [5.74, 6) is -0.181. The molecule has 3 N–H and O–H groups in total. The summed E-state index contributed by atoms with van der Waals surface area (Å²) in [6.45, 7) is -0.0448.